The molecule has 0 saturated carbocycles. The molecule has 0 bridgehead atoms. The molecule has 3 rings (SSSR count). The largest absolute Gasteiger partial charge is 0.493 e. The number of nitrogens with zero attached hydrogens (tertiary/aromatic N) is 1. The number of halogens is 1. The molecule has 8 heteroatoms. The number of para-hydroxylation sites is 1. The maximum absolute atomic E-state index is 12.3. The highest BCUT2D eigenvalue weighted by Crippen LogP contribution is 2.39. The van der Waals surface area contributed by atoms with Crippen LogP contribution in [0, 0.1) is 0 Å². The first-order valence-corrected chi connectivity index (χ1v) is 8.85. The van der Waals surface area contributed by atoms with E-state index in [4.69, 9.17) is 9.47 Å². The number of hydrogen-bond acceptors (Lipinski definition) is 6. The van der Waals surface area contributed by atoms with E-state index in [0.717, 1.165) is 0 Å². The number of benzene rings is 2. The Labute approximate surface area is 163 Å². The maximum Gasteiger partial charge on any atom is 0.346 e. The molecule has 0 radical (unpaired) electrons. The summed E-state index contributed by atoms with van der Waals surface area (Å²) >= 11 is 3.43. The molecular weight excluding hydrogens is 416 g/mol. The third-order valence-corrected chi connectivity index (χ3v) is 4.53. The molecule has 27 heavy (non-hydrogen) atoms. The Hall–Kier alpha value is -2.87. The van der Waals surface area contributed by atoms with Gasteiger partial charge in [0.15, 0.2) is 17.6 Å². The summed E-state index contributed by atoms with van der Waals surface area (Å²) in [5.74, 6) is 0.618. The molecule has 0 amide bonds. The van der Waals surface area contributed by atoms with E-state index in [1.165, 1.54) is 14.2 Å². The number of aromatic amines is 1. The molecule has 1 atom stereocenters. The number of nitrogens with one attached hydrogen (secondary N) is 1. The van der Waals surface area contributed by atoms with Gasteiger partial charge in [-0.2, -0.15) is 0 Å². The van der Waals surface area contributed by atoms with E-state index in [1.54, 1.807) is 37.3 Å². The van der Waals surface area contributed by atoms with Gasteiger partial charge in [0.1, 0.15) is 5.82 Å². The molecule has 0 aliphatic carbocycles. The molecule has 2 aromatic carbocycles. The van der Waals surface area contributed by atoms with Crippen molar-refractivity contribution in [1.29, 1.82) is 0 Å². The lowest BCUT2D eigenvalue weighted by atomic mass is 10.1. The summed E-state index contributed by atoms with van der Waals surface area (Å²) in [5.41, 5.74) is 0.982. The third kappa shape index (κ3) is 3.80. The Kier molecular flexibility index (Phi) is 5.46. The van der Waals surface area contributed by atoms with Gasteiger partial charge >= 0.3 is 5.97 Å². The monoisotopic (exact) mass is 432 g/mol. The van der Waals surface area contributed by atoms with Crippen molar-refractivity contribution in [2.24, 2.45) is 0 Å². The fourth-order valence-electron chi connectivity index (χ4n) is 2.58. The second kappa shape index (κ2) is 7.79. The first-order chi connectivity index (χ1) is 12.9. The topological polar surface area (TPSA) is 90.5 Å². The van der Waals surface area contributed by atoms with Crippen LogP contribution in [0.4, 0.5) is 0 Å². The zero-order valence-corrected chi connectivity index (χ0v) is 16.5. The molecule has 1 unspecified atom stereocenters. The standard InChI is InChI=1S/C19H17BrN2O5/c1-10(19(24)26-3)27-16-13(20)8-11(9-15(16)25-2)17-21-14-7-5-4-6-12(14)18(23)22-17/h4-10H,1-3H3,(H,21,22,23). The van der Waals surface area contributed by atoms with Crippen LogP contribution < -0.4 is 15.0 Å². The molecular formula is C19H17BrN2O5. The van der Waals surface area contributed by atoms with Crippen molar-refractivity contribution in [3.8, 4) is 22.9 Å². The van der Waals surface area contributed by atoms with E-state index in [-0.39, 0.29) is 5.56 Å². The van der Waals surface area contributed by atoms with Gasteiger partial charge in [0.2, 0.25) is 0 Å². The van der Waals surface area contributed by atoms with Crippen molar-refractivity contribution in [3.63, 3.8) is 0 Å². The summed E-state index contributed by atoms with van der Waals surface area (Å²) in [7, 11) is 2.77. The van der Waals surface area contributed by atoms with Crippen LogP contribution in [0.15, 0.2) is 45.7 Å². The van der Waals surface area contributed by atoms with Gasteiger partial charge in [0.05, 0.1) is 29.6 Å². The first-order valence-electron chi connectivity index (χ1n) is 8.06. The molecule has 140 valence electrons. The lowest BCUT2D eigenvalue weighted by Gasteiger charge is -2.17. The Bertz CT molecular complexity index is 1060. The Morgan fingerprint density at radius 2 is 1.96 bits per heavy atom. The van der Waals surface area contributed by atoms with Crippen LogP contribution in [0.3, 0.4) is 0 Å². The van der Waals surface area contributed by atoms with E-state index in [9.17, 15) is 9.59 Å². The highest BCUT2D eigenvalue weighted by molar-refractivity contribution is 9.10. The Balaban J connectivity index is 2.07. The van der Waals surface area contributed by atoms with Crippen LogP contribution in [-0.2, 0) is 9.53 Å². The average Bonchev–Trinajstić information content (AvgIpc) is 2.68. The SMILES string of the molecule is COC(=O)C(C)Oc1c(Br)cc(-c2nc3ccccc3c(=O)[nH]2)cc1OC. The second-order valence-corrected chi connectivity index (χ2v) is 6.56. The smallest absolute Gasteiger partial charge is 0.346 e. The maximum atomic E-state index is 12.3. The minimum absolute atomic E-state index is 0.231. The minimum atomic E-state index is -0.815. The van der Waals surface area contributed by atoms with E-state index >= 15 is 0 Å². The van der Waals surface area contributed by atoms with E-state index in [1.807, 2.05) is 6.07 Å². The lowest BCUT2D eigenvalue weighted by Crippen LogP contribution is -2.25. The minimum Gasteiger partial charge on any atom is -0.493 e. The lowest BCUT2D eigenvalue weighted by molar-refractivity contribution is -0.147. The Morgan fingerprint density at radius 1 is 1.22 bits per heavy atom. The fraction of sp³-hybridized carbons (Fsp3) is 0.211. The summed E-state index contributed by atoms with van der Waals surface area (Å²) in [6, 6.07) is 10.5. The van der Waals surface area contributed by atoms with Crippen LogP contribution >= 0.6 is 15.9 Å². The van der Waals surface area contributed by atoms with Gasteiger partial charge in [-0.1, -0.05) is 12.1 Å². The predicted octanol–water partition coefficient (Wildman–Crippen LogP) is 3.30. The number of ether oxygens (including phenoxy) is 3. The normalized spacial score (nSPS) is 11.9. The number of rotatable bonds is 5. The number of H-pyrrole nitrogens is 1. The van der Waals surface area contributed by atoms with Gasteiger partial charge < -0.3 is 19.2 Å². The molecule has 1 heterocycles. The van der Waals surface area contributed by atoms with Gasteiger partial charge in [0.25, 0.3) is 5.56 Å². The van der Waals surface area contributed by atoms with E-state index in [0.29, 0.717) is 38.3 Å². The molecule has 1 aromatic heterocycles. The molecule has 0 aliphatic heterocycles. The molecule has 0 saturated heterocycles. The predicted molar refractivity (Wildman–Crippen MR) is 104 cm³/mol. The van der Waals surface area contributed by atoms with Gasteiger partial charge in [-0.05, 0) is 47.1 Å². The average molecular weight is 433 g/mol. The van der Waals surface area contributed by atoms with Gasteiger partial charge in [0, 0.05) is 5.56 Å². The van der Waals surface area contributed by atoms with Crippen molar-refractivity contribution in [2.75, 3.05) is 14.2 Å². The zero-order chi connectivity index (χ0) is 19.6. The van der Waals surface area contributed by atoms with Gasteiger partial charge in [-0.25, -0.2) is 9.78 Å². The number of aromatic nitrogens is 2. The summed E-state index contributed by atoms with van der Waals surface area (Å²) in [5, 5.41) is 0.513. The number of hydrogen-bond donors (Lipinski definition) is 1. The summed E-state index contributed by atoms with van der Waals surface area (Å²) in [4.78, 5) is 31.2. The van der Waals surface area contributed by atoms with Crippen molar-refractivity contribution >= 4 is 32.8 Å². The number of carbonyl (C=O) groups excluding carboxylic acids is 1. The molecule has 0 aliphatic rings. The van der Waals surface area contributed by atoms with Crippen LogP contribution in [0.25, 0.3) is 22.3 Å². The van der Waals surface area contributed by atoms with Crippen LogP contribution in [0.1, 0.15) is 6.92 Å². The van der Waals surface area contributed by atoms with Crippen LogP contribution in [0.5, 0.6) is 11.5 Å². The van der Waals surface area contributed by atoms with Crippen LogP contribution in [-0.4, -0.2) is 36.3 Å². The van der Waals surface area contributed by atoms with Gasteiger partial charge in [-0.15, -0.1) is 0 Å². The molecule has 7 nitrogen and oxygen atoms in total. The Morgan fingerprint density at radius 3 is 2.67 bits per heavy atom. The van der Waals surface area contributed by atoms with Gasteiger partial charge in [-0.3, -0.25) is 4.79 Å². The van der Waals surface area contributed by atoms with Crippen molar-refractivity contribution in [1.82, 2.24) is 9.97 Å². The van der Waals surface area contributed by atoms with E-state index < -0.39 is 12.1 Å². The van der Waals surface area contributed by atoms with E-state index in [2.05, 4.69) is 30.6 Å². The highest BCUT2D eigenvalue weighted by atomic mass is 79.9. The number of methoxy groups -OCH3 is 2. The molecule has 3 aromatic rings. The number of carbonyl (C=O) groups is 1. The quantitative estimate of drug-likeness (QED) is 0.621. The fourth-order valence-corrected chi connectivity index (χ4v) is 3.12. The summed E-state index contributed by atoms with van der Waals surface area (Å²) in [6.07, 6.45) is -0.815. The first kappa shape index (κ1) is 18.9. The highest BCUT2D eigenvalue weighted by Gasteiger charge is 2.21. The second-order valence-electron chi connectivity index (χ2n) is 5.70. The summed E-state index contributed by atoms with van der Waals surface area (Å²) < 4.78 is 16.3. The zero-order valence-electron chi connectivity index (χ0n) is 14.9. The molecule has 0 fully saturated rings. The third-order valence-electron chi connectivity index (χ3n) is 3.94. The van der Waals surface area contributed by atoms with Crippen molar-refractivity contribution < 1.29 is 19.0 Å². The van der Waals surface area contributed by atoms with Crippen LogP contribution in [0.2, 0.25) is 0 Å². The number of fused-ring (bicyclic) bond motifs is 1. The number of esters is 1. The van der Waals surface area contributed by atoms with Crippen molar-refractivity contribution in [3.05, 3.63) is 51.2 Å². The van der Waals surface area contributed by atoms with Crippen molar-refractivity contribution in [2.45, 2.75) is 13.0 Å². The summed E-state index contributed by atoms with van der Waals surface area (Å²) in [6.45, 7) is 1.58. The molecule has 0 spiro atoms. The molecule has 1 N–H and O–H groups in total.